The zero-order valence-corrected chi connectivity index (χ0v) is 37.6. The third kappa shape index (κ3) is 7.80. The fourth-order valence-electron chi connectivity index (χ4n) is 9.61. The van der Waals surface area contributed by atoms with Gasteiger partial charge in [0.25, 0.3) is 0 Å². The molecule has 4 N–H and O–H groups in total. The van der Waals surface area contributed by atoms with Crippen molar-refractivity contribution in [3.8, 4) is 39.5 Å². The lowest BCUT2D eigenvalue weighted by molar-refractivity contribution is -0.138. The van der Waals surface area contributed by atoms with E-state index >= 15 is 4.39 Å². The fourth-order valence-corrected chi connectivity index (χ4v) is 10.7. The molecule has 3 fully saturated rings. The second-order valence-electron chi connectivity index (χ2n) is 17.9. The van der Waals surface area contributed by atoms with E-state index in [1.165, 1.54) is 20.1 Å². The summed E-state index contributed by atoms with van der Waals surface area (Å²) < 4.78 is 30.4. The first kappa shape index (κ1) is 42.4. The van der Waals surface area contributed by atoms with E-state index in [2.05, 4.69) is 20.6 Å². The van der Waals surface area contributed by atoms with Gasteiger partial charge in [0.05, 0.1) is 69.6 Å². The van der Waals surface area contributed by atoms with E-state index < -0.39 is 30.2 Å². The number of aromatic nitrogens is 6. The van der Waals surface area contributed by atoms with Gasteiger partial charge in [0.15, 0.2) is 0 Å². The SMILES string of the molecule is COC(=O)NC(C)C(=O)N1CCCC1c1ncc(-c2ccc3c(c2)cc2n3C(c3cnc(C4CC4)s3)Oc3cc(-c4cnc(C5CCCN5C(=O)C(NC(C)=O)C(C)C)[nH]4)cc(F)c3-2)[nH]1. The number of benzene rings is 2. The summed E-state index contributed by atoms with van der Waals surface area (Å²) in [6.07, 6.45) is 9.27. The first-order chi connectivity index (χ1) is 31.4. The Bertz CT molecular complexity index is 2840. The van der Waals surface area contributed by atoms with Gasteiger partial charge in [-0.15, -0.1) is 11.3 Å². The van der Waals surface area contributed by atoms with Crippen LogP contribution in [0.1, 0.15) is 112 Å². The number of ether oxygens (including phenoxy) is 2. The van der Waals surface area contributed by atoms with E-state index in [0.717, 1.165) is 64.1 Å². The predicted molar refractivity (Wildman–Crippen MR) is 240 cm³/mol. The van der Waals surface area contributed by atoms with E-state index in [9.17, 15) is 19.2 Å². The largest absolute Gasteiger partial charge is 0.464 e. The van der Waals surface area contributed by atoms with Crippen molar-refractivity contribution in [3.63, 3.8) is 0 Å². The van der Waals surface area contributed by atoms with E-state index in [1.54, 1.807) is 40.5 Å². The van der Waals surface area contributed by atoms with Gasteiger partial charge in [0.1, 0.15) is 35.3 Å². The minimum absolute atomic E-state index is 0.0970. The Kier molecular flexibility index (Phi) is 10.9. The zero-order chi connectivity index (χ0) is 45.3. The second-order valence-corrected chi connectivity index (χ2v) is 19.0. The summed E-state index contributed by atoms with van der Waals surface area (Å²) in [5.74, 6) is 0.918. The Morgan fingerprint density at radius 3 is 2.17 bits per heavy atom. The quantitative estimate of drug-likeness (QED) is 0.101. The van der Waals surface area contributed by atoms with Crippen molar-refractivity contribution in [2.45, 2.75) is 103 Å². The molecule has 10 rings (SSSR count). The Balaban J connectivity index is 0.970. The standard InChI is InChI=1S/C47H51FN10O6S/c1-23(2)40(53-25(4)59)45(61)57-15-7-9-35(57)42-50-21-32(55-42)28-17-30(48)39-36-18-29-16-27(31-20-49-41(54-31)34-8-6-14-56(34)44(60)24(3)52-47(62)63-5)12-13-33(29)58(36)46(64-37(39)19-28)38-22-51-43(65-38)26-10-11-26/h12-13,16-24,26,34-35,40,46H,6-11,14-15H2,1-5H3,(H,49,54)(H,50,55)(H,52,62)(H,53,59). The predicted octanol–water partition coefficient (Wildman–Crippen LogP) is 7.73. The summed E-state index contributed by atoms with van der Waals surface area (Å²) in [6.45, 7) is 7.97. The van der Waals surface area contributed by atoms with E-state index in [4.69, 9.17) is 24.4 Å². The minimum Gasteiger partial charge on any atom is -0.464 e. The highest BCUT2D eigenvalue weighted by molar-refractivity contribution is 7.11. The van der Waals surface area contributed by atoms with Crippen LogP contribution in [0.15, 0.2) is 55.0 Å². The number of rotatable bonds is 11. The maximum Gasteiger partial charge on any atom is 0.407 e. The van der Waals surface area contributed by atoms with Crippen molar-refractivity contribution in [1.29, 1.82) is 0 Å². The normalized spacial score (nSPS) is 20.1. The number of imidazole rings is 2. The highest BCUT2D eigenvalue weighted by Gasteiger charge is 2.39. The number of likely N-dealkylation sites (tertiary alicyclic amines) is 2. The van der Waals surface area contributed by atoms with E-state index in [1.807, 2.05) is 54.9 Å². The molecule has 338 valence electrons. The van der Waals surface area contributed by atoms with Crippen LogP contribution in [0.25, 0.3) is 44.7 Å². The Morgan fingerprint density at radius 1 is 0.846 bits per heavy atom. The molecule has 2 saturated heterocycles. The molecule has 65 heavy (non-hydrogen) atoms. The number of nitrogens with zero attached hydrogens (tertiary/aromatic N) is 6. The van der Waals surface area contributed by atoms with Crippen molar-refractivity contribution in [1.82, 2.24) is 49.9 Å². The topological polar surface area (TPSA) is 192 Å². The molecule has 3 aliphatic heterocycles. The molecule has 4 aliphatic rings. The van der Waals surface area contributed by atoms with Gasteiger partial charge < -0.3 is 39.9 Å². The molecule has 4 amide bonds. The Morgan fingerprint density at radius 2 is 1.52 bits per heavy atom. The minimum atomic E-state index is -0.758. The number of fused-ring (bicyclic) bond motifs is 5. The van der Waals surface area contributed by atoms with Gasteiger partial charge in [0.2, 0.25) is 23.9 Å². The number of methoxy groups -OCH3 is 1. The number of halogens is 1. The monoisotopic (exact) mass is 902 g/mol. The molecule has 0 spiro atoms. The summed E-state index contributed by atoms with van der Waals surface area (Å²) in [5.41, 5.74) is 4.63. The molecule has 4 aromatic heterocycles. The number of carbonyl (C=O) groups is 4. The lowest BCUT2D eigenvalue weighted by Gasteiger charge is -2.30. The van der Waals surface area contributed by atoms with Crippen molar-refractivity contribution in [2.24, 2.45) is 5.92 Å². The van der Waals surface area contributed by atoms with Crippen LogP contribution in [-0.4, -0.2) is 95.4 Å². The summed E-state index contributed by atoms with van der Waals surface area (Å²) >= 11 is 1.62. The van der Waals surface area contributed by atoms with Crippen LogP contribution in [0.2, 0.25) is 0 Å². The Hall–Kier alpha value is -6.56. The number of aromatic amines is 2. The molecular weight excluding hydrogens is 852 g/mol. The molecule has 2 aromatic carbocycles. The number of amides is 4. The average Bonchev–Trinajstić information content (AvgIpc) is 4.01. The highest BCUT2D eigenvalue weighted by atomic mass is 32.1. The smallest absolute Gasteiger partial charge is 0.407 e. The molecule has 7 heterocycles. The first-order valence-electron chi connectivity index (χ1n) is 22.3. The van der Waals surface area contributed by atoms with Crippen LogP contribution in [0, 0.1) is 11.7 Å². The van der Waals surface area contributed by atoms with Crippen LogP contribution >= 0.6 is 11.3 Å². The molecule has 5 unspecified atom stereocenters. The van der Waals surface area contributed by atoms with Crippen molar-refractivity contribution in [2.75, 3.05) is 20.2 Å². The fraction of sp³-hybridized carbons (Fsp3) is 0.426. The molecule has 5 atom stereocenters. The molecule has 16 nitrogen and oxygen atoms in total. The van der Waals surface area contributed by atoms with Gasteiger partial charge in [-0.3, -0.25) is 19.0 Å². The average molecular weight is 903 g/mol. The summed E-state index contributed by atoms with van der Waals surface area (Å²) in [6, 6.07) is 9.38. The van der Waals surface area contributed by atoms with Gasteiger partial charge >= 0.3 is 6.09 Å². The molecular formula is C47H51FN10O6S. The van der Waals surface area contributed by atoms with E-state index in [0.29, 0.717) is 65.3 Å². The maximum absolute atomic E-state index is 16.8. The molecule has 18 heteroatoms. The lowest BCUT2D eigenvalue weighted by atomic mass is 10.0. The number of carbonyl (C=O) groups excluding carboxylic acids is 4. The van der Waals surface area contributed by atoms with Crippen molar-refractivity contribution < 1.29 is 33.0 Å². The summed E-state index contributed by atoms with van der Waals surface area (Å²) in [4.78, 5) is 76.4. The van der Waals surface area contributed by atoms with Crippen LogP contribution in [-0.2, 0) is 19.1 Å². The van der Waals surface area contributed by atoms with Crippen molar-refractivity contribution in [3.05, 3.63) is 82.3 Å². The number of alkyl carbamates (subject to hydrolysis) is 1. The number of nitrogens with one attached hydrogen (secondary N) is 4. The van der Waals surface area contributed by atoms with Crippen molar-refractivity contribution >= 4 is 46.1 Å². The van der Waals surface area contributed by atoms with Gasteiger partial charge in [0, 0.05) is 48.6 Å². The lowest BCUT2D eigenvalue weighted by Crippen LogP contribution is -2.50. The molecule has 1 aliphatic carbocycles. The maximum atomic E-state index is 16.8. The van der Waals surface area contributed by atoms with Gasteiger partial charge in [-0.1, -0.05) is 19.9 Å². The third-order valence-corrected chi connectivity index (χ3v) is 14.2. The third-order valence-electron chi connectivity index (χ3n) is 13.0. The number of thiazole rings is 1. The number of hydrogen-bond donors (Lipinski definition) is 4. The second kappa shape index (κ2) is 16.8. The number of hydrogen-bond acceptors (Lipinski definition) is 10. The van der Waals surface area contributed by atoms with Gasteiger partial charge in [-0.25, -0.2) is 24.1 Å². The van der Waals surface area contributed by atoms with Crippen LogP contribution in [0.3, 0.4) is 0 Å². The Labute approximate surface area is 378 Å². The molecule has 0 radical (unpaired) electrons. The molecule has 0 bridgehead atoms. The summed E-state index contributed by atoms with van der Waals surface area (Å²) in [5, 5.41) is 7.33. The summed E-state index contributed by atoms with van der Waals surface area (Å²) in [7, 11) is 1.26. The van der Waals surface area contributed by atoms with Gasteiger partial charge in [-0.2, -0.15) is 0 Å². The van der Waals surface area contributed by atoms with Crippen LogP contribution < -0.4 is 15.4 Å². The van der Waals surface area contributed by atoms with E-state index in [-0.39, 0.29) is 35.7 Å². The highest BCUT2D eigenvalue weighted by Crippen LogP contribution is 2.50. The zero-order valence-electron chi connectivity index (χ0n) is 36.8. The van der Waals surface area contributed by atoms with Gasteiger partial charge in [-0.05, 0) is 81.7 Å². The first-order valence-corrected chi connectivity index (χ1v) is 23.1. The molecule has 6 aromatic rings. The number of H-pyrrole nitrogens is 2. The van der Waals surface area contributed by atoms with Crippen LogP contribution in [0.5, 0.6) is 5.75 Å². The molecule has 1 saturated carbocycles. The van der Waals surface area contributed by atoms with Crippen LogP contribution in [0.4, 0.5) is 9.18 Å².